The fourth-order valence-corrected chi connectivity index (χ4v) is 5.21. The second-order valence-electron chi connectivity index (χ2n) is 12.0. The standard InChI is InChI=1S/C38H68O2/c1-4-7-10-13-14-15-16-17-18-19-20-21-22-23-24-25-26-27-28-29-30-33-36-38(39)40-37(34-31-11-8-5-2)35-32-12-9-6-3/h37H,4-20,25-36H2,1-3H3. The maximum absolute atomic E-state index is 12.4. The lowest BCUT2D eigenvalue weighted by Crippen LogP contribution is -2.18. The largest absolute Gasteiger partial charge is 0.462 e. The maximum atomic E-state index is 12.4. The Morgan fingerprint density at radius 2 is 0.825 bits per heavy atom. The van der Waals surface area contributed by atoms with Crippen LogP contribution in [0.25, 0.3) is 0 Å². The number of esters is 1. The molecule has 0 unspecified atom stereocenters. The van der Waals surface area contributed by atoms with Crippen LogP contribution in [0, 0.1) is 23.7 Å². The fourth-order valence-electron chi connectivity index (χ4n) is 5.21. The summed E-state index contributed by atoms with van der Waals surface area (Å²) in [4.78, 5) is 12.4. The molecule has 0 aromatic heterocycles. The Balaban J connectivity index is 3.65. The average molecular weight is 557 g/mol. The summed E-state index contributed by atoms with van der Waals surface area (Å²) in [5, 5.41) is 0. The zero-order chi connectivity index (χ0) is 29.2. The molecule has 0 atom stereocenters. The molecule has 0 bridgehead atoms. The van der Waals surface area contributed by atoms with Gasteiger partial charge in [0.2, 0.25) is 0 Å². The number of rotatable bonds is 29. The van der Waals surface area contributed by atoms with E-state index in [1.807, 2.05) is 0 Å². The summed E-state index contributed by atoms with van der Waals surface area (Å²) in [6.07, 6.45) is 35.4. The van der Waals surface area contributed by atoms with Gasteiger partial charge in [-0.1, -0.05) is 155 Å². The van der Waals surface area contributed by atoms with E-state index in [9.17, 15) is 4.79 Å². The Morgan fingerprint density at radius 1 is 0.475 bits per heavy atom. The Kier molecular flexibility index (Phi) is 32.6. The van der Waals surface area contributed by atoms with E-state index in [1.165, 1.54) is 135 Å². The molecule has 0 aliphatic rings. The van der Waals surface area contributed by atoms with Crippen molar-refractivity contribution in [3.05, 3.63) is 0 Å². The first-order chi connectivity index (χ1) is 19.7. The predicted octanol–water partition coefficient (Wildman–Crippen LogP) is 12.3. The summed E-state index contributed by atoms with van der Waals surface area (Å²) in [6.45, 7) is 6.77. The van der Waals surface area contributed by atoms with Crippen LogP contribution in [0.2, 0.25) is 0 Å². The third kappa shape index (κ3) is 31.1. The third-order valence-corrected chi connectivity index (χ3v) is 7.88. The second-order valence-corrected chi connectivity index (χ2v) is 12.0. The monoisotopic (exact) mass is 557 g/mol. The normalized spacial score (nSPS) is 10.7. The van der Waals surface area contributed by atoms with Crippen molar-refractivity contribution >= 4 is 5.97 Å². The zero-order valence-corrected chi connectivity index (χ0v) is 27.4. The molecule has 0 aromatic carbocycles. The van der Waals surface area contributed by atoms with Crippen LogP contribution < -0.4 is 0 Å². The van der Waals surface area contributed by atoms with Gasteiger partial charge >= 0.3 is 5.97 Å². The van der Waals surface area contributed by atoms with Crippen LogP contribution in [-0.4, -0.2) is 12.1 Å². The molecule has 2 nitrogen and oxygen atoms in total. The van der Waals surface area contributed by atoms with Crippen molar-refractivity contribution < 1.29 is 9.53 Å². The van der Waals surface area contributed by atoms with E-state index in [-0.39, 0.29) is 12.1 Å². The minimum atomic E-state index is 0.0283. The van der Waals surface area contributed by atoms with Gasteiger partial charge in [0.25, 0.3) is 0 Å². The quantitative estimate of drug-likeness (QED) is 0.0520. The van der Waals surface area contributed by atoms with Gasteiger partial charge in [-0.3, -0.25) is 4.79 Å². The van der Waals surface area contributed by atoms with E-state index in [2.05, 4.69) is 44.5 Å². The van der Waals surface area contributed by atoms with Gasteiger partial charge < -0.3 is 4.74 Å². The molecule has 232 valence electrons. The molecular weight excluding hydrogens is 488 g/mol. The molecule has 0 spiro atoms. The highest BCUT2D eigenvalue weighted by molar-refractivity contribution is 5.69. The van der Waals surface area contributed by atoms with Gasteiger partial charge in [0.15, 0.2) is 0 Å². The Hall–Kier alpha value is -1.41. The van der Waals surface area contributed by atoms with Crippen LogP contribution in [0.1, 0.15) is 207 Å². The van der Waals surface area contributed by atoms with E-state index >= 15 is 0 Å². The number of ether oxygens (including phenoxy) is 1. The van der Waals surface area contributed by atoms with Crippen LogP contribution in [0.3, 0.4) is 0 Å². The van der Waals surface area contributed by atoms with Crippen LogP contribution in [0.4, 0.5) is 0 Å². The molecule has 0 aliphatic carbocycles. The highest BCUT2D eigenvalue weighted by atomic mass is 16.5. The SMILES string of the molecule is CCCCCCCCCCCCC#CC#CCCCCCCCCC(=O)OC(CCCCCC)CCCCCC. The van der Waals surface area contributed by atoms with Gasteiger partial charge in [-0.15, -0.1) is 0 Å². The highest BCUT2D eigenvalue weighted by Gasteiger charge is 2.14. The topological polar surface area (TPSA) is 26.3 Å². The summed E-state index contributed by atoms with van der Waals surface area (Å²) in [7, 11) is 0. The van der Waals surface area contributed by atoms with Crippen LogP contribution in [0.5, 0.6) is 0 Å². The van der Waals surface area contributed by atoms with E-state index in [4.69, 9.17) is 4.74 Å². The number of unbranched alkanes of at least 4 members (excludes halogenated alkanes) is 22. The number of hydrogen-bond acceptors (Lipinski definition) is 2. The fraction of sp³-hybridized carbons (Fsp3) is 0.868. The summed E-state index contributed by atoms with van der Waals surface area (Å²) in [5.74, 6) is 12.5. The van der Waals surface area contributed by atoms with Crippen LogP contribution in [0.15, 0.2) is 0 Å². The Morgan fingerprint density at radius 3 is 1.25 bits per heavy atom. The summed E-state index contributed by atoms with van der Waals surface area (Å²) in [5.41, 5.74) is 0. The van der Waals surface area contributed by atoms with Gasteiger partial charge in [0.1, 0.15) is 6.10 Å². The van der Waals surface area contributed by atoms with Crippen molar-refractivity contribution in [1.82, 2.24) is 0 Å². The molecule has 0 aliphatic heterocycles. The lowest BCUT2D eigenvalue weighted by atomic mass is 10.0. The zero-order valence-electron chi connectivity index (χ0n) is 27.4. The minimum Gasteiger partial charge on any atom is -0.462 e. The first kappa shape index (κ1) is 38.6. The van der Waals surface area contributed by atoms with E-state index in [1.54, 1.807) is 0 Å². The van der Waals surface area contributed by atoms with Crippen molar-refractivity contribution in [1.29, 1.82) is 0 Å². The van der Waals surface area contributed by atoms with Crippen LogP contribution >= 0.6 is 0 Å². The predicted molar refractivity (Wildman–Crippen MR) is 176 cm³/mol. The first-order valence-electron chi connectivity index (χ1n) is 17.9. The average Bonchev–Trinajstić information content (AvgIpc) is 2.96. The van der Waals surface area contributed by atoms with Crippen molar-refractivity contribution in [2.45, 2.75) is 213 Å². The molecular formula is C38H68O2. The summed E-state index contributed by atoms with van der Waals surface area (Å²) in [6, 6.07) is 0. The van der Waals surface area contributed by atoms with Gasteiger partial charge in [0, 0.05) is 19.3 Å². The molecule has 0 saturated heterocycles. The molecule has 0 rings (SSSR count). The lowest BCUT2D eigenvalue weighted by Gasteiger charge is -2.18. The number of carbonyl (C=O) groups is 1. The molecule has 0 aromatic rings. The van der Waals surface area contributed by atoms with E-state index in [0.717, 1.165) is 44.9 Å². The first-order valence-corrected chi connectivity index (χ1v) is 17.9. The Bertz CT molecular complexity index is 632. The number of hydrogen-bond donors (Lipinski definition) is 0. The van der Waals surface area contributed by atoms with Crippen molar-refractivity contribution in [2.75, 3.05) is 0 Å². The molecule has 0 heterocycles. The van der Waals surface area contributed by atoms with Crippen LogP contribution in [-0.2, 0) is 9.53 Å². The van der Waals surface area contributed by atoms with Crippen molar-refractivity contribution in [3.8, 4) is 23.7 Å². The molecule has 40 heavy (non-hydrogen) atoms. The maximum Gasteiger partial charge on any atom is 0.306 e. The minimum absolute atomic E-state index is 0.0283. The second kappa shape index (κ2) is 33.8. The molecule has 0 amide bonds. The summed E-state index contributed by atoms with van der Waals surface area (Å²) < 4.78 is 5.89. The van der Waals surface area contributed by atoms with Gasteiger partial charge in [-0.25, -0.2) is 0 Å². The smallest absolute Gasteiger partial charge is 0.306 e. The third-order valence-electron chi connectivity index (χ3n) is 7.88. The Labute approximate surface area is 252 Å². The molecule has 0 fully saturated rings. The van der Waals surface area contributed by atoms with Gasteiger partial charge in [-0.05, 0) is 56.8 Å². The molecule has 0 saturated carbocycles. The summed E-state index contributed by atoms with van der Waals surface area (Å²) >= 11 is 0. The molecule has 0 radical (unpaired) electrons. The van der Waals surface area contributed by atoms with E-state index in [0.29, 0.717) is 6.42 Å². The van der Waals surface area contributed by atoms with Gasteiger partial charge in [0.05, 0.1) is 0 Å². The van der Waals surface area contributed by atoms with E-state index < -0.39 is 0 Å². The lowest BCUT2D eigenvalue weighted by molar-refractivity contribution is -0.150. The van der Waals surface area contributed by atoms with Crippen molar-refractivity contribution in [3.63, 3.8) is 0 Å². The number of carbonyl (C=O) groups excluding carboxylic acids is 1. The molecule has 2 heteroatoms. The van der Waals surface area contributed by atoms with Gasteiger partial charge in [-0.2, -0.15) is 0 Å². The highest BCUT2D eigenvalue weighted by Crippen LogP contribution is 2.17. The molecule has 0 N–H and O–H groups in total. The van der Waals surface area contributed by atoms with Crippen molar-refractivity contribution in [2.24, 2.45) is 0 Å².